The number of aromatic nitrogens is 3. The minimum absolute atomic E-state index is 0.133. The molecule has 218 valence electrons. The van der Waals surface area contributed by atoms with Crippen molar-refractivity contribution in [2.75, 3.05) is 33.0 Å². The van der Waals surface area contributed by atoms with Crippen molar-refractivity contribution in [1.29, 1.82) is 0 Å². The van der Waals surface area contributed by atoms with E-state index in [2.05, 4.69) is 15.0 Å². The maximum atomic E-state index is 8.07. The molecule has 0 aliphatic rings. The van der Waals surface area contributed by atoms with E-state index in [1.807, 2.05) is 20.8 Å². The number of ether oxygens (including phenoxy) is 3. The van der Waals surface area contributed by atoms with Crippen LogP contribution in [0.4, 0.5) is 0 Å². The monoisotopic (exact) mass is 681 g/mol. The summed E-state index contributed by atoms with van der Waals surface area (Å²) in [5.41, 5.74) is 0. The van der Waals surface area contributed by atoms with Gasteiger partial charge in [0, 0.05) is 12.7 Å². The summed E-state index contributed by atoms with van der Waals surface area (Å²) in [6.45, 7) is 8.48. The first-order chi connectivity index (χ1) is 18.6. The van der Waals surface area contributed by atoms with Crippen molar-refractivity contribution >= 4 is 81.2 Å². The van der Waals surface area contributed by atoms with Gasteiger partial charge in [0.1, 0.15) is 20.5 Å². The maximum absolute atomic E-state index is 8.07. The van der Waals surface area contributed by atoms with Crippen LogP contribution in [0, 0.1) is 0 Å². The summed E-state index contributed by atoms with van der Waals surface area (Å²) < 4.78 is 15.2. The van der Waals surface area contributed by atoms with Gasteiger partial charge in [-0.3, -0.25) is 0 Å². The molecule has 0 aliphatic carbocycles. The highest BCUT2D eigenvalue weighted by Gasteiger charge is 2.03. The highest BCUT2D eigenvalue weighted by Crippen LogP contribution is 2.24. The van der Waals surface area contributed by atoms with Gasteiger partial charge in [0.15, 0.2) is 5.15 Å². The van der Waals surface area contributed by atoms with Crippen molar-refractivity contribution in [2.45, 2.75) is 33.6 Å². The SMILES string of the molecule is CCCOc1ccc(Cl)c(Cl)n1.CCCOc1nc(Cl)ccc1Cl.CCOCCO.Clc1ccc(Cl)c(Cl)n1. The summed E-state index contributed by atoms with van der Waals surface area (Å²) in [7, 11) is 0. The fourth-order valence-electron chi connectivity index (χ4n) is 1.99. The molecule has 0 fully saturated rings. The normalized spacial score (nSPS) is 9.72. The molecule has 3 aromatic rings. The molecule has 0 saturated heterocycles. The Morgan fingerprint density at radius 1 is 0.615 bits per heavy atom. The maximum Gasteiger partial charge on any atom is 0.234 e. The zero-order valence-corrected chi connectivity index (χ0v) is 26.9. The number of pyridine rings is 3. The van der Waals surface area contributed by atoms with Gasteiger partial charge in [-0.05, 0) is 50.1 Å². The highest BCUT2D eigenvalue weighted by molar-refractivity contribution is 6.42. The Hall–Kier alpha value is -1.00. The molecule has 0 aliphatic heterocycles. The number of nitrogens with zero attached hydrogens (tertiary/aromatic N) is 3. The third kappa shape index (κ3) is 18.9. The van der Waals surface area contributed by atoms with Crippen LogP contribution >= 0.6 is 81.2 Å². The molecule has 3 rings (SSSR count). The molecule has 0 radical (unpaired) electrons. The molecule has 14 heteroatoms. The van der Waals surface area contributed by atoms with E-state index >= 15 is 0 Å². The van der Waals surface area contributed by atoms with Crippen molar-refractivity contribution in [1.82, 2.24) is 15.0 Å². The number of rotatable bonds is 9. The number of hydrogen-bond acceptors (Lipinski definition) is 7. The zero-order valence-electron chi connectivity index (χ0n) is 21.6. The minimum atomic E-state index is 0.133. The number of aliphatic hydroxyl groups is 1. The van der Waals surface area contributed by atoms with Gasteiger partial charge >= 0.3 is 0 Å². The molecule has 3 aromatic heterocycles. The van der Waals surface area contributed by atoms with Gasteiger partial charge < -0.3 is 19.3 Å². The summed E-state index contributed by atoms with van der Waals surface area (Å²) in [6, 6.07) is 9.84. The molecule has 39 heavy (non-hydrogen) atoms. The Bertz CT molecular complexity index is 1080. The van der Waals surface area contributed by atoms with Crippen LogP contribution in [0.5, 0.6) is 11.8 Å². The van der Waals surface area contributed by atoms with Gasteiger partial charge in [-0.25, -0.2) is 15.0 Å². The summed E-state index contributed by atoms with van der Waals surface area (Å²) in [5, 5.41) is 10.7. The predicted molar refractivity (Wildman–Crippen MR) is 163 cm³/mol. The molecule has 3 heterocycles. The quantitative estimate of drug-likeness (QED) is 0.178. The summed E-state index contributed by atoms with van der Waals surface area (Å²) in [5.74, 6) is 0.928. The molecule has 0 atom stereocenters. The Morgan fingerprint density at radius 3 is 1.59 bits per heavy atom. The van der Waals surface area contributed by atoms with Crippen molar-refractivity contribution < 1.29 is 19.3 Å². The van der Waals surface area contributed by atoms with Crippen LogP contribution in [0.2, 0.25) is 35.7 Å². The lowest BCUT2D eigenvalue weighted by molar-refractivity contribution is 0.102. The van der Waals surface area contributed by atoms with E-state index in [4.69, 9.17) is 101 Å². The third-order valence-corrected chi connectivity index (χ3v) is 5.75. The van der Waals surface area contributed by atoms with E-state index in [0.717, 1.165) is 12.8 Å². The van der Waals surface area contributed by atoms with Gasteiger partial charge in [0.2, 0.25) is 11.8 Å². The fraction of sp³-hybridized carbons (Fsp3) is 0.400. The molecule has 0 bridgehead atoms. The molecular weight excluding hydrogens is 654 g/mol. The second-order valence-electron chi connectivity index (χ2n) is 6.87. The lowest BCUT2D eigenvalue weighted by Crippen LogP contribution is -1.97. The predicted octanol–water partition coefficient (Wildman–Crippen LogP) is 9.41. The lowest BCUT2D eigenvalue weighted by atomic mass is 10.5. The van der Waals surface area contributed by atoms with E-state index < -0.39 is 0 Å². The summed E-state index contributed by atoms with van der Waals surface area (Å²) in [6.07, 6.45) is 1.87. The largest absolute Gasteiger partial charge is 0.478 e. The van der Waals surface area contributed by atoms with Gasteiger partial charge in [-0.15, -0.1) is 0 Å². The topological polar surface area (TPSA) is 86.6 Å². The third-order valence-electron chi connectivity index (χ3n) is 3.66. The average molecular weight is 685 g/mol. The van der Waals surface area contributed by atoms with E-state index in [1.54, 1.807) is 36.4 Å². The van der Waals surface area contributed by atoms with Gasteiger partial charge in [0.05, 0.1) is 36.5 Å². The Kier molecular flexibility index (Phi) is 23.1. The summed E-state index contributed by atoms with van der Waals surface area (Å²) in [4.78, 5) is 11.5. The van der Waals surface area contributed by atoms with E-state index in [9.17, 15) is 0 Å². The molecule has 1 N–H and O–H groups in total. The first kappa shape index (κ1) is 38.0. The van der Waals surface area contributed by atoms with Crippen molar-refractivity contribution in [3.8, 4) is 11.8 Å². The average Bonchev–Trinajstić information content (AvgIpc) is 2.92. The van der Waals surface area contributed by atoms with Crippen molar-refractivity contribution in [3.05, 3.63) is 72.1 Å². The van der Waals surface area contributed by atoms with Crippen molar-refractivity contribution in [2.24, 2.45) is 0 Å². The Morgan fingerprint density at radius 2 is 1.13 bits per heavy atom. The molecule has 0 amide bonds. The highest BCUT2D eigenvalue weighted by atomic mass is 35.5. The second-order valence-corrected chi connectivity index (χ2v) is 9.58. The second kappa shape index (κ2) is 23.7. The van der Waals surface area contributed by atoms with Crippen LogP contribution in [0.3, 0.4) is 0 Å². The Labute approximate surface area is 264 Å². The molecule has 7 nitrogen and oxygen atoms in total. The van der Waals surface area contributed by atoms with Crippen LogP contribution in [0.25, 0.3) is 0 Å². The van der Waals surface area contributed by atoms with Crippen LogP contribution in [0.1, 0.15) is 33.6 Å². The van der Waals surface area contributed by atoms with Crippen LogP contribution < -0.4 is 9.47 Å². The van der Waals surface area contributed by atoms with Crippen LogP contribution in [-0.2, 0) is 4.74 Å². The minimum Gasteiger partial charge on any atom is -0.478 e. The van der Waals surface area contributed by atoms with E-state index in [0.29, 0.717) is 63.6 Å². The van der Waals surface area contributed by atoms with Gasteiger partial charge in [-0.1, -0.05) is 95.1 Å². The number of hydrogen-bond donors (Lipinski definition) is 1. The first-order valence-corrected chi connectivity index (χ1v) is 14.3. The van der Waals surface area contributed by atoms with Gasteiger partial charge in [-0.2, -0.15) is 0 Å². The van der Waals surface area contributed by atoms with Gasteiger partial charge in [0.25, 0.3) is 0 Å². The zero-order chi connectivity index (χ0) is 29.6. The van der Waals surface area contributed by atoms with E-state index in [-0.39, 0.29) is 16.9 Å². The van der Waals surface area contributed by atoms with Crippen LogP contribution in [0.15, 0.2) is 36.4 Å². The lowest BCUT2D eigenvalue weighted by Gasteiger charge is -2.04. The Balaban J connectivity index is 0.000000509. The molecular formula is C25H30Cl7N3O4. The molecule has 0 unspecified atom stereocenters. The molecule has 0 aromatic carbocycles. The summed E-state index contributed by atoms with van der Waals surface area (Å²) >= 11 is 39.2. The van der Waals surface area contributed by atoms with Crippen molar-refractivity contribution in [3.63, 3.8) is 0 Å². The first-order valence-electron chi connectivity index (χ1n) is 11.6. The van der Waals surface area contributed by atoms with Crippen LogP contribution in [-0.4, -0.2) is 53.1 Å². The number of halogens is 7. The molecule has 0 saturated carbocycles. The smallest absolute Gasteiger partial charge is 0.234 e. The fourth-order valence-corrected chi connectivity index (χ4v) is 2.99. The number of aliphatic hydroxyl groups excluding tert-OH is 1. The molecule has 0 spiro atoms. The van der Waals surface area contributed by atoms with E-state index in [1.165, 1.54) is 0 Å². The standard InChI is InChI=1S/2C8H9Cl2NO.C5H2Cl3N.C4H10O2/c1-2-5-12-7-4-3-6(9)8(10)11-7;1-2-5-12-8-6(9)3-4-7(10)11-8;6-3-1-2-4(7)9-5(3)8;1-2-6-4-3-5/h2*3-4H,2,5H2,1H3;1-2H;5H,2-4H2,1H3.